The molecule has 2 atom stereocenters. The third-order valence-corrected chi connectivity index (χ3v) is 5.75. The molecule has 0 amide bonds. The number of hydrogen-bond acceptors (Lipinski definition) is 4. The predicted octanol–water partition coefficient (Wildman–Crippen LogP) is 4.35. The summed E-state index contributed by atoms with van der Waals surface area (Å²) in [6.45, 7) is 7.86. The van der Waals surface area contributed by atoms with Gasteiger partial charge in [-0.15, -0.1) is 0 Å². The van der Waals surface area contributed by atoms with Gasteiger partial charge in [0.25, 0.3) is 0 Å². The molecule has 0 bridgehead atoms. The first-order valence-corrected chi connectivity index (χ1v) is 9.35. The average molecular weight is 326 g/mol. The van der Waals surface area contributed by atoms with E-state index in [4.69, 9.17) is 9.05 Å². The number of benzene rings is 1. The van der Waals surface area contributed by atoms with Crippen LogP contribution in [0.1, 0.15) is 33.3 Å². The van der Waals surface area contributed by atoms with Gasteiger partial charge in [-0.1, -0.05) is 56.3 Å². The summed E-state index contributed by atoms with van der Waals surface area (Å²) in [4.78, 5) is 0. The SMILES string of the molecule is CCOP(=O)(OCC)[C@@H](/C=C/c1ccccc1)C(O)C(C)C. The van der Waals surface area contributed by atoms with E-state index in [9.17, 15) is 9.67 Å². The van der Waals surface area contributed by atoms with E-state index >= 15 is 0 Å². The van der Waals surface area contributed by atoms with E-state index in [1.807, 2.05) is 50.3 Å². The molecule has 0 aliphatic heterocycles. The Morgan fingerprint density at radius 3 is 2.14 bits per heavy atom. The third-order valence-electron chi connectivity index (χ3n) is 3.30. The van der Waals surface area contributed by atoms with Crippen LogP contribution in [0, 0.1) is 5.92 Å². The molecule has 0 aliphatic rings. The lowest BCUT2D eigenvalue weighted by molar-refractivity contribution is 0.113. The predicted molar refractivity (Wildman–Crippen MR) is 91.0 cm³/mol. The Hall–Kier alpha value is -0.930. The Morgan fingerprint density at radius 2 is 1.68 bits per heavy atom. The Morgan fingerprint density at radius 1 is 1.14 bits per heavy atom. The monoisotopic (exact) mass is 326 g/mol. The maximum Gasteiger partial charge on any atom is 0.340 e. The Balaban J connectivity index is 3.11. The smallest absolute Gasteiger partial charge is 0.340 e. The fourth-order valence-electron chi connectivity index (χ4n) is 2.14. The lowest BCUT2D eigenvalue weighted by atomic mass is 10.0. The van der Waals surface area contributed by atoms with Crippen LogP contribution in [0.3, 0.4) is 0 Å². The van der Waals surface area contributed by atoms with Gasteiger partial charge in [0.1, 0.15) is 5.66 Å². The summed E-state index contributed by atoms with van der Waals surface area (Å²) >= 11 is 0. The Labute approximate surface area is 133 Å². The van der Waals surface area contributed by atoms with Crippen LogP contribution in [0.4, 0.5) is 0 Å². The second kappa shape index (κ2) is 9.26. The van der Waals surface area contributed by atoms with E-state index in [2.05, 4.69) is 0 Å². The topological polar surface area (TPSA) is 55.8 Å². The van der Waals surface area contributed by atoms with Crippen molar-refractivity contribution in [2.45, 2.75) is 39.5 Å². The molecule has 0 saturated heterocycles. The number of aliphatic hydroxyl groups is 1. The molecule has 1 N–H and O–H groups in total. The van der Waals surface area contributed by atoms with Crippen LogP contribution in [0.25, 0.3) is 6.08 Å². The summed E-state index contributed by atoms with van der Waals surface area (Å²) in [5.41, 5.74) is 0.288. The molecule has 0 aromatic heterocycles. The molecule has 0 heterocycles. The van der Waals surface area contributed by atoms with Crippen LogP contribution >= 0.6 is 7.60 Å². The minimum atomic E-state index is -3.41. The molecule has 1 unspecified atom stereocenters. The first kappa shape index (κ1) is 19.1. The largest absolute Gasteiger partial charge is 0.392 e. The lowest BCUT2D eigenvalue weighted by Crippen LogP contribution is -2.31. The summed E-state index contributed by atoms with van der Waals surface area (Å²) in [6.07, 6.45) is 2.79. The van der Waals surface area contributed by atoms with Crippen LogP contribution < -0.4 is 0 Å². The van der Waals surface area contributed by atoms with E-state index in [0.717, 1.165) is 5.56 Å². The van der Waals surface area contributed by atoms with E-state index < -0.39 is 19.4 Å². The molecule has 5 heteroatoms. The van der Waals surface area contributed by atoms with Gasteiger partial charge in [-0.2, -0.15) is 0 Å². The summed E-state index contributed by atoms with van der Waals surface area (Å²) in [7, 11) is -3.41. The second-order valence-electron chi connectivity index (χ2n) is 5.37. The van der Waals surface area contributed by atoms with Crippen molar-refractivity contribution >= 4 is 13.7 Å². The van der Waals surface area contributed by atoms with E-state index in [-0.39, 0.29) is 19.1 Å². The zero-order valence-corrected chi connectivity index (χ0v) is 14.7. The molecule has 1 rings (SSSR count). The van der Waals surface area contributed by atoms with Gasteiger partial charge in [0, 0.05) is 0 Å². The van der Waals surface area contributed by atoms with Gasteiger partial charge in [-0.3, -0.25) is 4.57 Å². The van der Waals surface area contributed by atoms with E-state index in [0.29, 0.717) is 0 Å². The molecular weight excluding hydrogens is 299 g/mol. The maximum absolute atomic E-state index is 13.0. The van der Waals surface area contributed by atoms with Gasteiger partial charge < -0.3 is 14.2 Å². The van der Waals surface area contributed by atoms with E-state index in [1.165, 1.54) is 0 Å². The fourth-order valence-corrected chi connectivity index (χ4v) is 4.30. The Bertz CT molecular complexity index is 489. The molecule has 4 nitrogen and oxygen atoms in total. The molecule has 0 spiro atoms. The minimum Gasteiger partial charge on any atom is -0.392 e. The van der Waals surface area contributed by atoms with Crippen LogP contribution in [-0.4, -0.2) is 30.1 Å². The van der Waals surface area contributed by atoms with Gasteiger partial charge >= 0.3 is 7.60 Å². The summed E-state index contributed by atoms with van der Waals surface area (Å²) in [5, 5.41) is 10.5. The molecule has 1 aromatic rings. The summed E-state index contributed by atoms with van der Waals surface area (Å²) < 4.78 is 23.9. The summed E-state index contributed by atoms with van der Waals surface area (Å²) in [5.74, 6) is -0.0559. The zero-order chi connectivity index (χ0) is 16.6. The van der Waals surface area contributed by atoms with Crippen molar-refractivity contribution < 1.29 is 18.7 Å². The van der Waals surface area contributed by atoms with Gasteiger partial charge in [0.15, 0.2) is 0 Å². The van der Waals surface area contributed by atoms with Crippen molar-refractivity contribution in [1.82, 2.24) is 0 Å². The van der Waals surface area contributed by atoms with Crippen LogP contribution in [-0.2, 0) is 13.6 Å². The maximum atomic E-state index is 13.0. The summed E-state index contributed by atoms with van der Waals surface area (Å²) in [6, 6.07) is 9.68. The molecule has 0 fully saturated rings. The molecule has 1 aromatic carbocycles. The molecule has 0 radical (unpaired) electrons. The lowest BCUT2D eigenvalue weighted by Gasteiger charge is -2.29. The first-order valence-electron chi connectivity index (χ1n) is 7.74. The molecule has 22 heavy (non-hydrogen) atoms. The van der Waals surface area contributed by atoms with Gasteiger partial charge in [0.2, 0.25) is 0 Å². The highest BCUT2D eigenvalue weighted by atomic mass is 31.2. The average Bonchev–Trinajstić information content (AvgIpc) is 2.48. The molecular formula is C17H27O4P. The first-order chi connectivity index (χ1) is 10.4. The van der Waals surface area contributed by atoms with Crippen molar-refractivity contribution in [3.8, 4) is 0 Å². The normalized spacial score (nSPS) is 15.4. The Kier molecular flexibility index (Phi) is 8.05. The van der Waals surface area contributed by atoms with Crippen molar-refractivity contribution in [2.24, 2.45) is 5.92 Å². The second-order valence-corrected chi connectivity index (χ2v) is 7.56. The number of hydrogen-bond donors (Lipinski definition) is 1. The van der Waals surface area contributed by atoms with Crippen molar-refractivity contribution in [3.63, 3.8) is 0 Å². The molecule has 0 aliphatic carbocycles. The van der Waals surface area contributed by atoms with Crippen molar-refractivity contribution in [1.29, 1.82) is 0 Å². The van der Waals surface area contributed by atoms with Gasteiger partial charge in [0.05, 0.1) is 19.3 Å². The highest BCUT2D eigenvalue weighted by Crippen LogP contribution is 2.55. The molecule has 124 valence electrons. The number of aliphatic hydroxyl groups excluding tert-OH is 1. The van der Waals surface area contributed by atoms with Gasteiger partial charge in [-0.05, 0) is 25.3 Å². The highest BCUT2D eigenvalue weighted by molar-refractivity contribution is 7.55. The van der Waals surface area contributed by atoms with Crippen LogP contribution in [0.5, 0.6) is 0 Å². The van der Waals surface area contributed by atoms with Gasteiger partial charge in [-0.25, -0.2) is 0 Å². The van der Waals surface area contributed by atoms with Crippen LogP contribution in [0.2, 0.25) is 0 Å². The highest BCUT2D eigenvalue weighted by Gasteiger charge is 2.39. The van der Waals surface area contributed by atoms with Crippen molar-refractivity contribution in [3.05, 3.63) is 42.0 Å². The van der Waals surface area contributed by atoms with Crippen LogP contribution in [0.15, 0.2) is 36.4 Å². The molecule has 0 saturated carbocycles. The van der Waals surface area contributed by atoms with Crippen molar-refractivity contribution in [2.75, 3.05) is 13.2 Å². The standard InChI is InChI=1S/C17H27O4P/c1-5-20-22(19,21-6-2)16(17(18)14(3)4)13-12-15-10-8-7-9-11-15/h7-14,16-18H,5-6H2,1-4H3/b13-12+/t16-,17?/m0/s1. The zero-order valence-electron chi connectivity index (χ0n) is 13.8. The third kappa shape index (κ3) is 5.36. The minimum absolute atomic E-state index is 0.0559. The number of rotatable bonds is 9. The quantitative estimate of drug-likeness (QED) is 0.685. The fraction of sp³-hybridized carbons (Fsp3) is 0.529. The van der Waals surface area contributed by atoms with E-state index in [1.54, 1.807) is 19.9 Å².